The van der Waals surface area contributed by atoms with Gasteiger partial charge in [-0.3, -0.25) is 9.59 Å². The van der Waals surface area contributed by atoms with Gasteiger partial charge in [0.25, 0.3) is 5.91 Å². The number of nitrogens with one attached hydrogen (secondary N) is 1. The molecule has 1 amide bonds. The van der Waals surface area contributed by atoms with Crippen molar-refractivity contribution in [1.82, 2.24) is 5.32 Å². The van der Waals surface area contributed by atoms with Crippen LogP contribution in [0, 0.1) is 5.82 Å². The molecule has 1 heterocycles. The quantitative estimate of drug-likeness (QED) is 0.774. The monoisotopic (exact) mass is 347 g/mol. The fourth-order valence-corrected chi connectivity index (χ4v) is 2.24. The number of hydrogen-bond acceptors (Lipinski definition) is 3. The van der Waals surface area contributed by atoms with E-state index in [9.17, 15) is 14.0 Å². The summed E-state index contributed by atoms with van der Waals surface area (Å²) >= 11 is 5.79. The Morgan fingerprint density at radius 1 is 1.12 bits per heavy atom. The summed E-state index contributed by atoms with van der Waals surface area (Å²) in [4.78, 5) is 24.1. The molecule has 0 bridgehead atoms. The van der Waals surface area contributed by atoms with Crippen molar-refractivity contribution < 1.29 is 13.6 Å². The van der Waals surface area contributed by atoms with Gasteiger partial charge in [-0.05, 0) is 35.9 Å². The molecule has 0 aliphatic rings. The molecule has 0 unspecified atom stereocenters. The number of hydrogen-bond donors (Lipinski definition) is 1. The van der Waals surface area contributed by atoms with E-state index in [4.69, 9.17) is 16.0 Å². The molecule has 0 saturated heterocycles. The van der Waals surface area contributed by atoms with Gasteiger partial charge in [0, 0.05) is 17.6 Å². The zero-order valence-corrected chi connectivity index (χ0v) is 12.6. The molecule has 0 aliphatic carbocycles. The summed E-state index contributed by atoms with van der Waals surface area (Å²) in [5.74, 6) is -1.18. The number of carbonyl (C=O) groups is 1. The smallest absolute Gasteiger partial charge is 0.287 e. The molecular formula is C18H15ClFNO3. The summed E-state index contributed by atoms with van der Waals surface area (Å²) < 4.78 is 18.5. The van der Waals surface area contributed by atoms with Gasteiger partial charge < -0.3 is 9.73 Å². The number of benzene rings is 2. The minimum atomic E-state index is -0.537. The van der Waals surface area contributed by atoms with Gasteiger partial charge in [-0.25, -0.2) is 4.39 Å². The van der Waals surface area contributed by atoms with Crippen molar-refractivity contribution in [2.75, 3.05) is 0 Å². The van der Waals surface area contributed by atoms with Gasteiger partial charge >= 0.3 is 0 Å². The van der Waals surface area contributed by atoms with Crippen molar-refractivity contribution in [2.24, 2.45) is 0 Å². The predicted molar refractivity (Wildman–Crippen MR) is 91.8 cm³/mol. The van der Waals surface area contributed by atoms with Crippen LogP contribution in [0.15, 0.2) is 57.7 Å². The molecule has 6 heteroatoms. The third-order valence-electron chi connectivity index (χ3n) is 3.28. The highest BCUT2D eigenvalue weighted by molar-refractivity contribution is 6.30. The minimum absolute atomic E-state index is 0. The Bertz CT molecular complexity index is 935. The van der Waals surface area contributed by atoms with Crippen molar-refractivity contribution in [3.8, 4) is 0 Å². The van der Waals surface area contributed by atoms with Crippen LogP contribution in [0.3, 0.4) is 0 Å². The fourth-order valence-electron chi connectivity index (χ4n) is 2.11. The summed E-state index contributed by atoms with van der Waals surface area (Å²) in [6, 6.07) is 11.6. The molecule has 24 heavy (non-hydrogen) atoms. The Balaban J connectivity index is 0.00000208. The van der Waals surface area contributed by atoms with Gasteiger partial charge in [-0.2, -0.15) is 0 Å². The maximum Gasteiger partial charge on any atom is 0.287 e. The molecule has 0 atom stereocenters. The zero-order valence-electron chi connectivity index (χ0n) is 11.8. The number of rotatable bonds is 3. The van der Waals surface area contributed by atoms with Crippen molar-refractivity contribution >= 4 is 28.5 Å². The van der Waals surface area contributed by atoms with Crippen LogP contribution in [-0.4, -0.2) is 5.91 Å². The van der Waals surface area contributed by atoms with Crippen LogP contribution in [0.1, 0.15) is 23.5 Å². The third kappa shape index (κ3) is 3.81. The lowest BCUT2D eigenvalue weighted by Gasteiger charge is -2.06. The highest BCUT2D eigenvalue weighted by atomic mass is 35.5. The second-order valence-electron chi connectivity index (χ2n) is 4.92. The van der Waals surface area contributed by atoms with E-state index >= 15 is 0 Å². The van der Waals surface area contributed by atoms with Crippen LogP contribution in [0.4, 0.5) is 4.39 Å². The predicted octanol–water partition coefficient (Wildman–Crippen LogP) is 4.15. The second kappa shape index (κ2) is 7.27. The first-order valence-corrected chi connectivity index (χ1v) is 7.17. The van der Waals surface area contributed by atoms with E-state index in [-0.39, 0.29) is 30.7 Å². The second-order valence-corrected chi connectivity index (χ2v) is 5.36. The number of fused-ring (bicyclic) bond motifs is 1. The van der Waals surface area contributed by atoms with Gasteiger partial charge in [-0.15, -0.1) is 0 Å². The maximum atomic E-state index is 13.1. The van der Waals surface area contributed by atoms with Gasteiger partial charge in [-0.1, -0.05) is 31.2 Å². The molecule has 1 N–H and O–H groups in total. The van der Waals surface area contributed by atoms with Gasteiger partial charge in [0.2, 0.25) is 0 Å². The first-order valence-electron chi connectivity index (χ1n) is 6.79. The highest BCUT2D eigenvalue weighted by Crippen LogP contribution is 2.14. The number of carbonyl (C=O) groups excluding carboxylic acids is 1. The van der Waals surface area contributed by atoms with Gasteiger partial charge in [0.15, 0.2) is 11.2 Å². The molecule has 0 aliphatic heterocycles. The van der Waals surface area contributed by atoms with E-state index in [1.807, 2.05) is 0 Å². The molecule has 3 rings (SSSR count). The molecule has 0 radical (unpaired) electrons. The molecule has 0 spiro atoms. The van der Waals surface area contributed by atoms with E-state index in [1.165, 1.54) is 12.1 Å². The highest BCUT2D eigenvalue weighted by Gasteiger charge is 2.12. The van der Waals surface area contributed by atoms with Crippen molar-refractivity contribution in [2.45, 2.75) is 14.0 Å². The lowest BCUT2D eigenvalue weighted by molar-refractivity contribution is 0.0923. The Labute approximate surface area is 142 Å². The van der Waals surface area contributed by atoms with Crippen molar-refractivity contribution in [3.63, 3.8) is 0 Å². The van der Waals surface area contributed by atoms with Crippen molar-refractivity contribution in [3.05, 3.63) is 80.9 Å². The molecular weight excluding hydrogens is 333 g/mol. The molecule has 124 valence electrons. The largest absolute Gasteiger partial charge is 0.451 e. The Morgan fingerprint density at radius 3 is 2.54 bits per heavy atom. The van der Waals surface area contributed by atoms with Crippen LogP contribution < -0.4 is 10.7 Å². The molecule has 4 nitrogen and oxygen atoms in total. The molecule has 2 aromatic carbocycles. The van der Waals surface area contributed by atoms with Crippen LogP contribution in [-0.2, 0) is 6.54 Å². The fraction of sp³-hybridized carbons (Fsp3) is 0.111. The Morgan fingerprint density at radius 2 is 1.83 bits per heavy atom. The van der Waals surface area contributed by atoms with E-state index in [1.54, 1.807) is 24.3 Å². The summed E-state index contributed by atoms with van der Waals surface area (Å²) in [7, 11) is 0. The van der Waals surface area contributed by atoms with Crippen LogP contribution in [0.2, 0.25) is 5.02 Å². The van der Waals surface area contributed by atoms with E-state index in [2.05, 4.69) is 5.32 Å². The lowest BCUT2D eigenvalue weighted by atomic mass is 10.2. The molecule has 3 aromatic rings. The standard InChI is InChI=1S/C17H11ClFNO3.CH4/c18-11-3-1-10(2-4-11)9-20-17(22)16-8-14(21)13-7-12(19)5-6-15(13)23-16;/h1-8H,9H2,(H,20,22);1H4. The SMILES string of the molecule is C.O=C(NCc1ccc(Cl)cc1)c1cc(=O)c2cc(F)ccc2o1. The third-order valence-corrected chi connectivity index (χ3v) is 3.53. The molecule has 0 fully saturated rings. The average molecular weight is 348 g/mol. The van der Waals surface area contributed by atoms with E-state index < -0.39 is 17.2 Å². The van der Waals surface area contributed by atoms with E-state index in [0.717, 1.165) is 17.7 Å². The normalized spacial score (nSPS) is 10.2. The Hall–Kier alpha value is -2.66. The van der Waals surface area contributed by atoms with Crippen LogP contribution >= 0.6 is 11.6 Å². The van der Waals surface area contributed by atoms with E-state index in [0.29, 0.717) is 5.02 Å². The topological polar surface area (TPSA) is 59.3 Å². The molecule has 1 aromatic heterocycles. The summed E-state index contributed by atoms with van der Waals surface area (Å²) in [6.45, 7) is 0.265. The molecule has 0 saturated carbocycles. The van der Waals surface area contributed by atoms with Crippen LogP contribution in [0.5, 0.6) is 0 Å². The Kier molecular flexibility index (Phi) is 5.36. The minimum Gasteiger partial charge on any atom is -0.451 e. The van der Waals surface area contributed by atoms with Crippen molar-refractivity contribution in [1.29, 1.82) is 0 Å². The number of halogens is 2. The van der Waals surface area contributed by atoms with Gasteiger partial charge in [0.1, 0.15) is 11.4 Å². The summed E-state index contributed by atoms with van der Waals surface area (Å²) in [5.41, 5.74) is 0.547. The first-order chi connectivity index (χ1) is 11.0. The summed E-state index contributed by atoms with van der Waals surface area (Å²) in [5, 5.41) is 3.35. The van der Waals surface area contributed by atoms with Gasteiger partial charge in [0.05, 0.1) is 5.39 Å². The first kappa shape index (κ1) is 17.7. The average Bonchev–Trinajstić information content (AvgIpc) is 2.54. The van der Waals surface area contributed by atoms with Crippen LogP contribution in [0.25, 0.3) is 11.0 Å². The maximum absolute atomic E-state index is 13.1. The lowest BCUT2D eigenvalue weighted by Crippen LogP contribution is -2.24. The number of amides is 1. The summed E-state index contributed by atoms with van der Waals surface area (Å²) in [6.07, 6.45) is 0. The zero-order chi connectivity index (χ0) is 16.4.